The van der Waals surface area contributed by atoms with Crippen LogP contribution in [0.1, 0.15) is 27.3 Å². The van der Waals surface area contributed by atoms with Crippen molar-refractivity contribution in [2.45, 2.75) is 20.8 Å². The highest BCUT2D eigenvalue weighted by atomic mass is 19.1. The van der Waals surface area contributed by atoms with E-state index < -0.39 is 11.7 Å². The first-order valence-electron chi connectivity index (χ1n) is 10.7. The molecule has 1 N–H and O–H groups in total. The number of aromatic nitrogens is 4. The quantitative estimate of drug-likeness (QED) is 0.398. The second-order valence-corrected chi connectivity index (χ2v) is 8.16. The van der Waals surface area contributed by atoms with Gasteiger partial charge >= 0.3 is 0 Å². The molecule has 0 saturated heterocycles. The van der Waals surface area contributed by atoms with Crippen LogP contribution in [0.2, 0.25) is 0 Å². The van der Waals surface area contributed by atoms with Crippen molar-refractivity contribution in [3.8, 4) is 11.6 Å². The molecule has 5 rings (SSSR count). The van der Waals surface area contributed by atoms with Gasteiger partial charge in [-0.15, -0.1) is 0 Å². The predicted molar refractivity (Wildman–Crippen MR) is 129 cm³/mol. The van der Waals surface area contributed by atoms with Crippen molar-refractivity contribution in [2.75, 3.05) is 12.4 Å². The van der Waals surface area contributed by atoms with Gasteiger partial charge < -0.3 is 10.1 Å². The predicted octanol–water partition coefficient (Wildman–Crippen LogP) is 5.29. The number of halogens is 1. The number of hydrogen-bond donors (Lipinski definition) is 1. The Labute approximate surface area is 195 Å². The van der Waals surface area contributed by atoms with E-state index in [-0.39, 0.29) is 0 Å². The van der Waals surface area contributed by atoms with Gasteiger partial charge in [-0.25, -0.2) is 9.37 Å². The number of nitrogens with one attached hydrogen (secondary N) is 1. The van der Waals surface area contributed by atoms with E-state index in [1.54, 1.807) is 36.9 Å². The Balaban J connectivity index is 1.60. The van der Waals surface area contributed by atoms with Crippen molar-refractivity contribution < 1.29 is 13.9 Å². The summed E-state index contributed by atoms with van der Waals surface area (Å²) >= 11 is 0. The highest BCUT2D eigenvalue weighted by Gasteiger charge is 2.18. The zero-order chi connectivity index (χ0) is 24.0. The summed E-state index contributed by atoms with van der Waals surface area (Å²) in [6, 6.07) is 15.3. The van der Waals surface area contributed by atoms with E-state index in [0.717, 1.165) is 10.9 Å². The summed E-state index contributed by atoms with van der Waals surface area (Å²) in [5.74, 6) is 0.815. The van der Waals surface area contributed by atoms with Crippen LogP contribution in [0.3, 0.4) is 0 Å². The molecule has 1 amide bonds. The van der Waals surface area contributed by atoms with Gasteiger partial charge in [0.2, 0.25) is 0 Å². The lowest BCUT2D eigenvalue weighted by Crippen LogP contribution is -2.16. The Morgan fingerprint density at radius 1 is 0.971 bits per heavy atom. The fourth-order valence-corrected chi connectivity index (χ4v) is 4.11. The van der Waals surface area contributed by atoms with Crippen LogP contribution in [-0.4, -0.2) is 32.8 Å². The van der Waals surface area contributed by atoms with E-state index in [2.05, 4.69) is 15.4 Å². The van der Waals surface area contributed by atoms with Gasteiger partial charge in [0.25, 0.3) is 5.91 Å². The molecule has 34 heavy (non-hydrogen) atoms. The van der Waals surface area contributed by atoms with E-state index in [0.29, 0.717) is 50.8 Å². The third kappa shape index (κ3) is 3.73. The van der Waals surface area contributed by atoms with Crippen molar-refractivity contribution >= 4 is 33.5 Å². The molecule has 5 aromatic rings. The lowest BCUT2D eigenvalue weighted by atomic mass is 10.1. The van der Waals surface area contributed by atoms with Crippen molar-refractivity contribution in [1.82, 2.24) is 19.7 Å². The normalized spacial score (nSPS) is 11.2. The molecular formula is C26H22FN5O2. The van der Waals surface area contributed by atoms with E-state index in [1.807, 2.05) is 38.1 Å². The fourth-order valence-electron chi connectivity index (χ4n) is 4.11. The summed E-state index contributed by atoms with van der Waals surface area (Å²) in [5, 5.41) is 8.88. The molecule has 0 fully saturated rings. The maximum atomic E-state index is 13.9. The number of fused-ring (bicyclic) bond motifs is 2. The average molecular weight is 455 g/mol. The highest BCUT2D eigenvalue weighted by molar-refractivity contribution is 6.12. The second kappa shape index (κ2) is 8.22. The van der Waals surface area contributed by atoms with Crippen molar-refractivity contribution in [3.05, 3.63) is 82.9 Å². The Morgan fingerprint density at radius 2 is 1.79 bits per heavy atom. The van der Waals surface area contributed by atoms with Crippen molar-refractivity contribution in [1.29, 1.82) is 0 Å². The summed E-state index contributed by atoms with van der Waals surface area (Å²) in [5.41, 5.74) is 3.95. The number of ether oxygens (including phenoxy) is 1. The van der Waals surface area contributed by atoms with Gasteiger partial charge in [0, 0.05) is 22.5 Å². The molecular weight excluding hydrogens is 433 g/mol. The zero-order valence-electron chi connectivity index (χ0n) is 19.2. The molecule has 7 nitrogen and oxygen atoms in total. The average Bonchev–Trinajstić information content (AvgIpc) is 3.18. The number of hydrogen-bond acceptors (Lipinski definition) is 5. The maximum Gasteiger partial charge on any atom is 0.257 e. The SMILES string of the molecule is COc1cccc2c(C)cc(-n3nc(C)cc3NC(=O)c3cc(C)nc4ccc(F)cc34)nc12. The highest BCUT2D eigenvalue weighted by Crippen LogP contribution is 2.29. The molecule has 0 aliphatic heterocycles. The summed E-state index contributed by atoms with van der Waals surface area (Å²) in [7, 11) is 1.60. The minimum Gasteiger partial charge on any atom is -0.494 e. The molecule has 0 bridgehead atoms. The summed E-state index contributed by atoms with van der Waals surface area (Å²) < 4.78 is 21.0. The lowest BCUT2D eigenvalue weighted by Gasteiger charge is -2.13. The molecule has 0 radical (unpaired) electrons. The Morgan fingerprint density at radius 3 is 2.59 bits per heavy atom. The molecule has 0 atom stereocenters. The zero-order valence-corrected chi connectivity index (χ0v) is 19.2. The van der Waals surface area contributed by atoms with Crippen LogP contribution in [0.15, 0.2) is 54.6 Å². The minimum absolute atomic E-state index is 0.330. The van der Waals surface area contributed by atoms with Gasteiger partial charge in [-0.05, 0) is 62.7 Å². The molecule has 3 aromatic heterocycles. The standard InChI is InChI=1S/C26H22FN5O2/c1-14-10-23(29-25-18(14)6-5-7-22(25)34-4)32-24(12-16(3)31-32)30-26(33)20-11-15(2)28-21-9-8-17(27)13-19(20)21/h5-13H,1-4H3,(H,30,33). The Bertz CT molecular complexity index is 1590. The van der Waals surface area contributed by atoms with Crippen LogP contribution in [0.4, 0.5) is 10.2 Å². The molecule has 0 unspecified atom stereocenters. The summed E-state index contributed by atoms with van der Waals surface area (Å²) in [6.07, 6.45) is 0. The first kappa shape index (κ1) is 21.5. The van der Waals surface area contributed by atoms with Crippen LogP contribution in [0.25, 0.3) is 27.6 Å². The fraction of sp³-hybridized carbons (Fsp3) is 0.154. The number of para-hydroxylation sites is 1. The third-order valence-corrected chi connectivity index (χ3v) is 5.65. The third-order valence-electron chi connectivity index (χ3n) is 5.65. The van der Waals surface area contributed by atoms with Gasteiger partial charge in [0.15, 0.2) is 5.82 Å². The van der Waals surface area contributed by atoms with Crippen molar-refractivity contribution in [3.63, 3.8) is 0 Å². The van der Waals surface area contributed by atoms with Crippen LogP contribution in [0, 0.1) is 26.6 Å². The van der Waals surface area contributed by atoms with Crippen LogP contribution < -0.4 is 10.1 Å². The largest absolute Gasteiger partial charge is 0.494 e. The monoisotopic (exact) mass is 455 g/mol. The van der Waals surface area contributed by atoms with Gasteiger partial charge in [-0.1, -0.05) is 12.1 Å². The van der Waals surface area contributed by atoms with Gasteiger partial charge in [-0.2, -0.15) is 9.78 Å². The minimum atomic E-state index is -0.433. The van der Waals surface area contributed by atoms with E-state index in [1.165, 1.54) is 12.1 Å². The Kier molecular flexibility index (Phi) is 5.20. The molecule has 0 saturated carbocycles. The summed E-state index contributed by atoms with van der Waals surface area (Å²) in [6.45, 7) is 5.62. The van der Waals surface area contributed by atoms with Crippen LogP contribution in [-0.2, 0) is 0 Å². The molecule has 0 spiro atoms. The molecule has 0 aliphatic rings. The second-order valence-electron chi connectivity index (χ2n) is 8.16. The summed E-state index contributed by atoms with van der Waals surface area (Å²) in [4.78, 5) is 22.5. The van der Waals surface area contributed by atoms with Crippen LogP contribution in [0.5, 0.6) is 5.75 Å². The number of nitrogens with zero attached hydrogens (tertiary/aromatic N) is 4. The van der Waals surface area contributed by atoms with Crippen LogP contribution >= 0.6 is 0 Å². The van der Waals surface area contributed by atoms with E-state index in [4.69, 9.17) is 9.72 Å². The number of anilines is 1. The number of aryl methyl sites for hydroxylation is 3. The number of carbonyl (C=O) groups is 1. The smallest absolute Gasteiger partial charge is 0.257 e. The number of pyridine rings is 2. The van der Waals surface area contributed by atoms with Gasteiger partial charge in [0.1, 0.15) is 22.9 Å². The number of benzene rings is 2. The van der Waals surface area contributed by atoms with Crippen molar-refractivity contribution in [2.24, 2.45) is 0 Å². The molecule has 0 aliphatic carbocycles. The topological polar surface area (TPSA) is 81.9 Å². The molecule has 8 heteroatoms. The van der Waals surface area contributed by atoms with E-state index in [9.17, 15) is 9.18 Å². The molecule has 170 valence electrons. The first-order chi connectivity index (χ1) is 16.3. The van der Waals surface area contributed by atoms with E-state index >= 15 is 0 Å². The Hall–Kier alpha value is -4.33. The lowest BCUT2D eigenvalue weighted by molar-refractivity contribution is 0.102. The van der Waals surface area contributed by atoms with Gasteiger partial charge in [-0.3, -0.25) is 9.78 Å². The first-order valence-corrected chi connectivity index (χ1v) is 10.7. The number of amides is 1. The number of carbonyl (C=O) groups excluding carboxylic acids is 1. The maximum absolute atomic E-state index is 13.9. The van der Waals surface area contributed by atoms with Gasteiger partial charge in [0.05, 0.1) is 23.9 Å². The molecule has 3 heterocycles. The number of methoxy groups -OCH3 is 1. The number of rotatable bonds is 4. The molecule has 2 aromatic carbocycles.